The van der Waals surface area contributed by atoms with Gasteiger partial charge in [0.2, 0.25) is 0 Å². The Balaban J connectivity index is 2.16. The Labute approximate surface area is 106 Å². The second kappa shape index (κ2) is 5.27. The fourth-order valence-electron chi connectivity index (χ4n) is 1.62. The van der Waals surface area contributed by atoms with Gasteiger partial charge in [-0.3, -0.25) is 0 Å². The Morgan fingerprint density at radius 1 is 1.53 bits per heavy atom. The lowest BCUT2D eigenvalue weighted by molar-refractivity contribution is 0.1000. The maximum Gasteiger partial charge on any atom is 0.128 e. The molecule has 1 aromatic rings. The van der Waals surface area contributed by atoms with Crippen molar-refractivity contribution in [2.45, 2.75) is 6.04 Å². The molecule has 15 heavy (non-hydrogen) atoms. The van der Waals surface area contributed by atoms with Crippen LogP contribution in [0.5, 0.6) is 0 Å². The normalized spacial score (nSPS) is 21.7. The molecule has 0 aliphatic carbocycles. The Morgan fingerprint density at radius 2 is 2.40 bits per heavy atom. The molecule has 0 saturated carbocycles. The van der Waals surface area contributed by atoms with Crippen LogP contribution in [0.25, 0.3) is 0 Å². The minimum Gasteiger partial charge on any atom is -0.377 e. The van der Waals surface area contributed by atoms with E-state index in [2.05, 4.69) is 41.7 Å². The van der Waals surface area contributed by atoms with Crippen molar-refractivity contribution in [1.29, 1.82) is 0 Å². The standard InChI is InChI=1S/C10H12Br2N2O/c11-5-9-7-15-4-3-14(9)10-2-1-8(12)6-13-10/h1-2,6,9H,3-5,7H2. The highest BCUT2D eigenvalue weighted by molar-refractivity contribution is 9.10. The van der Waals surface area contributed by atoms with E-state index in [9.17, 15) is 0 Å². The number of rotatable bonds is 2. The van der Waals surface area contributed by atoms with Gasteiger partial charge in [-0.25, -0.2) is 4.98 Å². The summed E-state index contributed by atoms with van der Waals surface area (Å²) in [5, 5.41) is 0.907. The Morgan fingerprint density at radius 3 is 3.07 bits per heavy atom. The van der Waals surface area contributed by atoms with Crippen LogP contribution in [0.3, 0.4) is 0 Å². The Hall–Kier alpha value is -0.130. The summed E-state index contributed by atoms with van der Waals surface area (Å²) in [6.45, 7) is 2.45. The van der Waals surface area contributed by atoms with Crippen LogP contribution in [0.1, 0.15) is 0 Å². The maximum atomic E-state index is 5.44. The van der Waals surface area contributed by atoms with E-state index in [4.69, 9.17) is 4.74 Å². The monoisotopic (exact) mass is 334 g/mol. The molecule has 0 bridgehead atoms. The molecule has 1 unspecified atom stereocenters. The number of halogens is 2. The van der Waals surface area contributed by atoms with E-state index < -0.39 is 0 Å². The molecule has 5 heteroatoms. The lowest BCUT2D eigenvalue weighted by atomic mass is 10.2. The fourth-order valence-corrected chi connectivity index (χ4v) is 2.39. The highest BCUT2D eigenvalue weighted by atomic mass is 79.9. The summed E-state index contributed by atoms with van der Waals surface area (Å²) in [6.07, 6.45) is 1.83. The molecule has 0 N–H and O–H groups in total. The minimum atomic E-state index is 0.382. The number of morpholine rings is 1. The molecular weight excluding hydrogens is 324 g/mol. The smallest absolute Gasteiger partial charge is 0.128 e. The zero-order valence-electron chi connectivity index (χ0n) is 8.20. The van der Waals surface area contributed by atoms with Gasteiger partial charge in [-0.1, -0.05) is 15.9 Å². The van der Waals surface area contributed by atoms with E-state index in [0.29, 0.717) is 6.04 Å². The molecule has 0 radical (unpaired) electrons. The zero-order chi connectivity index (χ0) is 10.7. The van der Waals surface area contributed by atoms with Crippen molar-refractivity contribution in [3.63, 3.8) is 0 Å². The van der Waals surface area contributed by atoms with Crippen molar-refractivity contribution in [3.05, 3.63) is 22.8 Å². The number of hydrogen-bond acceptors (Lipinski definition) is 3. The molecule has 1 aromatic heterocycles. The molecule has 1 aliphatic rings. The number of hydrogen-bond donors (Lipinski definition) is 0. The van der Waals surface area contributed by atoms with Gasteiger partial charge in [0.25, 0.3) is 0 Å². The molecular formula is C10H12Br2N2O. The third-order valence-corrected chi connectivity index (χ3v) is 3.63. The lowest BCUT2D eigenvalue weighted by Gasteiger charge is -2.35. The number of nitrogens with zero attached hydrogens (tertiary/aromatic N) is 2. The SMILES string of the molecule is BrCC1COCCN1c1ccc(Br)cn1. The molecule has 2 heterocycles. The van der Waals surface area contributed by atoms with Gasteiger partial charge < -0.3 is 9.64 Å². The van der Waals surface area contributed by atoms with E-state index >= 15 is 0 Å². The van der Waals surface area contributed by atoms with Gasteiger partial charge in [-0.2, -0.15) is 0 Å². The first-order valence-corrected chi connectivity index (χ1v) is 6.74. The molecule has 82 valence electrons. The van der Waals surface area contributed by atoms with E-state index in [1.807, 2.05) is 18.3 Å². The minimum absolute atomic E-state index is 0.382. The van der Waals surface area contributed by atoms with Crippen molar-refractivity contribution in [2.75, 3.05) is 30.0 Å². The summed E-state index contributed by atoms with van der Waals surface area (Å²) in [6, 6.07) is 4.43. The molecule has 1 atom stereocenters. The van der Waals surface area contributed by atoms with Gasteiger partial charge in [-0.15, -0.1) is 0 Å². The van der Waals surface area contributed by atoms with Crippen molar-refractivity contribution in [1.82, 2.24) is 4.98 Å². The van der Waals surface area contributed by atoms with Crippen molar-refractivity contribution in [3.8, 4) is 0 Å². The van der Waals surface area contributed by atoms with Crippen LogP contribution in [0.2, 0.25) is 0 Å². The molecule has 3 nitrogen and oxygen atoms in total. The van der Waals surface area contributed by atoms with Crippen LogP contribution in [-0.2, 0) is 4.74 Å². The zero-order valence-corrected chi connectivity index (χ0v) is 11.4. The Bertz CT molecular complexity index is 318. The average Bonchev–Trinajstić information content (AvgIpc) is 2.30. The predicted octanol–water partition coefficient (Wildman–Crippen LogP) is 2.44. The van der Waals surface area contributed by atoms with Gasteiger partial charge >= 0.3 is 0 Å². The quantitative estimate of drug-likeness (QED) is 0.776. The maximum absolute atomic E-state index is 5.44. The molecule has 0 aromatic carbocycles. The number of alkyl halides is 1. The third-order valence-electron chi connectivity index (χ3n) is 2.41. The van der Waals surface area contributed by atoms with Gasteiger partial charge in [0.1, 0.15) is 5.82 Å². The van der Waals surface area contributed by atoms with Crippen LogP contribution in [0, 0.1) is 0 Å². The highest BCUT2D eigenvalue weighted by Gasteiger charge is 2.22. The largest absolute Gasteiger partial charge is 0.377 e. The van der Waals surface area contributed by atoms with E-state index in [1.54, 1.807) is 0 Å². The van der Waals surface area contributed by atoms with Crippen LogP contribution < -0.4 is 4.90 Å². The van der Waals surface area contributed by atoms with Crippen LogP contribution >= 0.6 is 31.9 Å². The number of pyridine rings is 1. The first kappa shape index (κ1) is 11.4. The van der Waals surface area contributed by atoms with Gasteiger partial charge in [0.05, 0.1) is 19.3 Å². The molecule has 2 rings (SSSR count). The van der Waals surface area contributed by atoms with Crippen LogP contribution in [-0.4, -0.2) is 36.1 Å². The van der Waals surface area contributed by atoms with Crippen molar-refractivity contribution in [2.24, 2.45) is 0 Å². The average molecular weight is 336 g/mol. The lowest BCUT2D eigenvalue weighted by Crippen LogP contribution is -2.47. The summed E-state index contributed by atoms with van der Waals surface area (Å²) in [4.78, 5) is 6.69. The summed E-state index contributed by atoms with van der Waals surface area (Å²) in [5.74, 6) is 1.02. The second-order valence-electron chi connectivity index (χ2n) is 3.41. The topological polar surface area (TPSA) is 25.4 Å². The first-order valence-electron chi connectivity index (χ1n) is 4.83. The summed E-state index contributed by atoms with van der Waals surface area (Å²) in [5.41, 5.74) is 0. The van der Waals surface area contributed by atoms with Gasteiger partial charge in [0, 0.05) is 22.5 Å². The number of ether oxygens (including phenoxy) is 1. The third kappa shape index (κ3) is 2.71. The van der Waals surface area contributed by atoms with E-state index in [1.165, 1.54) is 0 Å². The van der Waals surface area contributed by atoms with Gasteiger partial charge in [-0.05, 0) is 28.1 Å². The van der Waals surface area contributed by atoms with Gasteiger partial charge in [0.15, 0.2) is 0 Å². The van der Waals surface area contributed by atoms with Crippen LogP contribution in [0.15, 0.2) is 22.8 Å². The highest BCUT2D eigenvalue weighted by Crippen LogP contribution is 2.20. The van der Waals surface area contributed by atoms with E-state index in [0.717, 1.165) is 35.4 Å². The summed E-state index contributed by atoms with van der Waals surface area (Å²) < 4.78 is 6.45. The molecule has 1 fully saturated rings. The molecule has 1 aliphatic heterocycles. The van der Waals surface area contributed by atoms with E-state index in [-0.39, 0.29) is 0 Å². The fraction of sp³-hybridized carbons (Fsp3) is 0.500. The summed E-state index contributed by atoms with van der Waals surface area (Å²) >= 11 is 6.89. The molecule has 0 spiro atoms. The molecule has 0 amide bonds. The second-order valence-corrected chi connectivity index (χ2v) is 4.97. The van der Waals surface area contributed by atoms with Crippen LogP contribution in [0.4, 0.5) is 5.82 Å². The predicted molar refractivity (Wildman–Crippen MR) is 67.7 cm³/mol. The molecule has 1 saturated heterocycles. The summed E-state index contributed by atoms with van der Waals surface area (Å²) in [7, 11) is 0. The Kier molecular flexibility index (Phi) is 3.99. The van der Waals surface area contributed by atoms with Crippen molar-refractivity contribution >= 4 is 37.7 Å². The number of aromatic nitrogens is 1. The van der Waals surface area contributed by atoms with Crippen molar-refractivity contribution < 1.29 is 4.74 Å². The number of anilines is 1. The first-order chi connectivity index (χ1) is 7.31.